The number of hydrogen-bond donors (Lipinski definition) is 3. The van der Waals surface area contributed by atoms with Crippen LogP contribution in [0, 0.1) is 10.8 Å². The van der Waals surface area contributed by atoms with E-state index in [0.717, 1.165) is 0 Å². The lowest BCUT2D eigenvalue weighted by molar-refractivity contribution is -0.308. The first kappa shape index (κ1) is 31.1. The maximum Gasteiger partial charge on any atom is 0.279 e. The largest absolute Gasteiger partial charge is 0.356 e. The second kappa shape index (κ2) is 11.2. The summed E-state index contributed by atoms with van der Waals surface area (Å²) >= 11 is 6.22. The van der Waals surface area contributed by atoms with Crippen molar-refractivity contribution in [3.63, 3.8) is 0 Å². The van der Waals surface area contributed by atoms with Gasteiger partial charge in [-0.25, -0.2) is 22.2 Å². The molecule has 3 saturated carbocycles. The number of carbonyl (C=O) groups is 2. The van der Waals surface area contributed by atoms with E-state index in [1.165, 1.54) is 28.6 Å². The van der Waals surface area contributed by atoms with Crippen LogP contribution in [-0.4, -0.2) is 81.4 Å². The van der Waals surface area contributed by atoms with Crippen molar-refractivity contribution in [3.05, 3.63) is 47.1 Å². The number of pyridine rings is 1. The smallest absolute Gasteiger partial charge is 0.279 e. The second-order valence-corrected chi connectivity index (χ2v) is 14.8. The van der Waals surface area contributed by atoms with Gasteiger partial charge in [-0.05, 0) is 68.6 Å². The Morgan fingerprint density at radius 2 is 1.77 bits per heavy atom. The van der Waals surface area contributed by atoms with Crippen molar-refractivity contribution < 1.29 is 26.8 Å². The van der Waals surface area contributed by atoms with Gasteiger partial charge in [0, 0.05) is 68.4 Å². The molecule has 1 aromatic heterocycles. The van der Waals surface area contributed by atoms with Crippen LogP contribution in [0.4, 0.5) is 20.3 Å². The minimum absolute atomic E-state index is 0.0782. The third-order valence-corrected chi connectivity index (χ3v) is 11.6. The zero-order chi connectivity index (χ0) is 31.5. The summed E-state index contributed by atoms with van der Waals surface area (Å²) in [6.45, 7) is 1.95. The van der Waals surface area contributed by atoms with Crippen LogP contribution in [0.3, 0.4) is 0 Å². The number of hydrogen-bond acceptors (Lipinski definition) is 8. The molecule has 5 N–H and O–H groups in total. The molecule has 238 valence electrons. The number of nitrogens with one attached hydrogen (secondary N) is 1. The van der Waals surface area contributed by atoms with Crippen LogP contribution in [0.25, 0.3) is 0 Å². The molecular weight excluding hydrogens is 616 g/mol. The zero-order valence-electron chi connectivity index (χ0n) is 24.1. The molecule has 5 aliphatic rings. The molecule has 5 fully saturated rings. The molecule has 3 aliphatic carbocycles. The molecule has 0 spiro atoms. The summed E-state index contributed by atoms with van der Waals surface area (Å²) in [5, 5.41) is 2.73. The highest BCUT2D eigenvalue weighted by Crippen LogP contribution is 2.80. The van der Waals surface area contributed by atoms with Gasteiger partial charge in [0.25, 0.3) is 5.92 Å². The van der Waals surface area contributed by atoms with E-state index in [2.05, 4.69) is 10.3 Å². The molecule has 0 unspecified atom stereocenters. The molecular formula is C29H36ClF2N7O4S. The fraction of sp³-hybridized carbons (Fsp3) is 0.552. The number of anilines is 2. The van der Waals surface area contributed by atoms with Gasteiger partial charge in [-0.1, -0.05) is 11.6 Å². The van der Waals surface area contributed by atoms with Gasteiger partial charge >= 0.3 is 0 Å². The summed E-state index contributed by atoms with van der Waals surface area (Å²) in [6.07, 6.45) is 1.20. The maximum atomic E-state index is 15.9. The van der Waals surface area contributed by atoms with Crippen molar-refractivity contribution in [3.8, 4) is 0 Å². The lowest BCUT2D eigenvalue weighted by Crippen LogP contribution is -2.72. The SMILES string of the molecule is NCCCNC(=O)C12CC(C(F)(F)c3cc(Cl)nc(N4CCN(S(=O)(=O)c5ccc(N6C[C@H](N)CC6=O)cc5)CC4)c3)(C1)C2. The average molecular weight is 652 g/mol. The molecule has 2 bridgehead atoms. The molecule has 2 aliphatic heterocycles. The second-order valence-electron chi connectivity index (χ2n) is 12.5. The van der Waals surface area contributed by atoms with E-state index in [-0.39, 0.29) is 91.1 Å². The van der Waals surface area contributed by atoms with Crippen LogP contribution in [0.2, 0.25) is 5.15 Å². The zero-order valence-corrected chi connectivity index (χ0v) is 25.7. The number of amides is 2. The highest BCUT2D eigenvalue weighted by molar-refractivity contribution is 7.89. The molecule has 44 heavy (non-hydrogen) atoms. The summed E-state index contributed by atoms with van der Waals surface area (Å²) in [6, 6.07) is 8.39. The molecule has 11 nitrogen and oxygen atoms in total. The first-order valence-electron chi connectivity index (χ1n) is 14.8. The number of alkyl halides is 2. The number of nitrogens with two attached hydrogens (primary N) is 2. The van der Waals surface area contributed by atoms with Crippen molar-refractivity contribution in [2.45, 2.75) is 49.0 Å². The Bertz CT molecular complexity index is 1550. The quantitative estimate of drug-likeness (QED) is 0.261. The molecule has 0 radical (unpaired) electrons. The topological polar surface area (TPSA) is 155 Å². The molecule has 2 aromatic rings. The number of piperazine rings is 1. The van der Waals surface area contributed by atoms with Crippen LogP contribution >= 0.6 is 11.6 Å². The van der Waals surface area contributed by atoms with Crippen molar-refractivity contribution >= 4 is 44.9 Å². The van der Waals surface area contributed by atoms with Gasteiger partial charge in [0.2, 0.25) is 21.8 Å². The van der Waals surface area contributed by atoms with E-state index in [0.29, 0.717) is 31.7 Å². The van der Waals surface area contributed by atoms with Gasteiger partial charge in [-0.15, -0.1) is 0 Å². The summed E-state index contributed by atoms with van der Waals surface area (Å²) in [5.74, 6) is -3.25. The molecule has 2 amide bonds. The highest BCUT2D eigenvalue weighted by Gasteiger charge is 2.80. The van der Waals surface area contributed by atoms with Crippen molar-refractivity contribution in [2.24, 2.45) is 22.3 Å². The monoisotopic (exact) mass is 651 g/mol. The van der Waals surface area contributed by atoms with E-state index in [9.17, 15) is 18.0 Å². The number of carbonyl (C=O) groups excluding carboxylic acids is 2. The first-order valence-corrected chi connectivity index (χ1v) is 16.6. The first-order chi connectivity index (χ1) is 20.8. The molecule has 3 heterocycles. The number of benzene rings is 1. The van der Waals surface area contributed by atoms with Crippen molar-refractivity contribution in [1.29, 1.82) is 0 Å². The summed E-state index contributed by atoms with van der Waals surface area (Å²) in [4.78, 5) is 32.4. The van der Waals surface area contributed by atoms with E-state index in [1.807, 2.05) is 0 Å². The van der Waals surface area contributed by atoms with Crippen LogP contribution in [0.5, 0.6) is 0 Å². The molecule has 2 saturated heterocycles. The Hall–Kier alpha value is -2.91. The Morgan fingerprint density at radius 1 is 1.11 bits per heavy atom. The number of halogens is 3. The summed E-state index contributed by atoms with van der Waals surface area (Å²) < 4.78 is 59.8. The fourth-order valence-electron chi connectivity index (χ4n) is 7.08. The lowest BCUT2D eigenvalue weighted by atomic mass is 9.32. The van der Waals surface area contributed by atoms with Crippen molar-refractivity contribution in [2.75, 3.05) is 55.6 Å². The Labute approximate surface area is 259 Å². The van der Waals surface area contributed by atoms with Crippen LogP contribution < -0.4 is 26.6 Å². The van der Waals surface area contributed by atoms with Gasteiger partial charge in [0.05, 0.1) is 10.3 Å². The third-order valence-electron chi connectivity index (χ3n) is 9.49. The highest BCUT2D eigenvalue weighted by atomic mass is 35.5. The van der Waals surface area contributed by atoms with E-state index in [4.69, 9.17) is 23.1 Å². The fourth-order valence-corrected chi connectivity index (χ4v) is 8.70. The standard InChI is InChI=1S/C29H36ClF2N7O4S/c30-23-12-19(29(31,32)28-16-27(17-28,18-28)26(41)35-7-1-6-33)13-24(36-23)37-8-10-38(11-9-37)44(42,43)22-4-2-21(3-5-22)39-15-20(34)14-25(39)40/h2-5,12-13,20H,1,6-11,14-18,33-34H2,(H,35,41)/t20-,27?,28?/m1/s1. The van der Waals surface area contributed by atoms with Gasteiger partial charge in [0.1, 0.15) is 11.0 Å². The van der Waals surface area contributed by atoms with Gasteiger partial charge < -0.3 is 26.6 Å². The van der Waals surface area contributed by atoms with E-state index < -0.39 is 26.8 Å². The number of rotatable bonds is 10. The lowest BCUT2D eigenvalue weighted by Gasteiger charge is -2.71. The van der Waals surface area contributed by atoms with Crippen LogP contribution in [0.1, 0.15) is 37.7 Å². The number of nitrogens with zero attached hydrogens (tertiary/aromatic N) is 4. The van der Waals surface area contributed by atoms with Crippen LogP contribution in [-0.2, 0) is 25.5 Å². The minimum atomic E-state index is -3.83. The molecule has 1 aromatic carbocycles. The Balaban J connectivity index is 1.10. The molecule has 1 atom stereocenters. The normalized spacial score (nSPS) is 27.2. The van der Waals surface area contributed by atoms with E-state index >= 15 is 8.78 Å². The van der Waals surface area contributed by atoms with Gasteiger partial charge in [-0.3, -0.25) is 9.59 Å². The predicted molar refractivity (Wildman–Crippen MR) is 161 cm³/mol. The number of sulfonamides is 1. The summed E-state index contributed by atoms with van der Waals surface area (Å²) in [7, 11) is -3.83. The Kier molecular flexibility index (Phi) is 7.88. The Morgan fingerprint density at radius 3 is 2.36 bits per heavy atom. The summed E-state index contributed by atoms with van der Waals surface area (Å²) in [5.41, 5.74) is 9.64. The van der Waals surface area contributed by atoms with Gasteiger partial charge in [0.15, 0.2) is 0 Å². The van der Waals surface area contributed by atoms with Crippen molar-refractivity contribution in [1.82, 2.24) is 14.6 Å². The predicted octanol–water partition coefficient (Wildman–Crippen LogP) is 2.04. The maximum absolute atomic E-state index is 15.9. The molecule has 7 rings (SSSR count). The number of aromatic nitrogens is 1. The average Bonchev–Trinajstić information content (AvgIpc) is 3.29. The third kappa shape index (κ3) is 5.14. The van der Waals surface area contributed by atoms with E-state index in [1.54, 1.807) is 21.9 Å². The minimum Gasteiger partial charge on any atom is -0.356 e. The molecule has 15 heteroatoms. The van der Waals surface area contributed by atoms with Gasteiger partial charge in [-0.2, -0.15) is 4.31 Å². The van der Waals surface area contributed by atoms with Crippen LogP contribution in [0.15, 0.2) is 41.3 Å².